The van der Waals surface area contributed by atoms with Crippen LogP contribution >= 0.6 is 0 Å². The first-order valence-corrected chi connectivity index (χ1v) is 9.25. The SMILES string of the molecule is C=CCN(CC=C)C(=O)c1ccc(NC(=O)N2CC(C)CC(C(=O)O)C2)cc1. The average Bonchev–Trinajstić information content (AvgIpc) is 2.67. The quantitative estimate of drug-likeness (QED) is 0.706. The number of aliphatic carboxylic acids is 1. The lowest BCUT2D eigenvalue weighted by Gasteiger charge is -2.34. The van der Waals surface area contributed by atoms with Gasteiger partial charge in [-0.15, -0.1) is 13.2 Å². The van der Waals surface area contributed by atoms with E-state index in [1.165, 1.54) is 4.90 Å². The van der Waals surface area contributed by atoms with Crippen molar-refractivity contribution < 1.29 is 19.5 Å². The summed E-state index contributed by atoms with van der Waals surface area (Å²) in [5, 5.41) is 12.0. The first-order chi connectivity index (χ1) is 13.3. The number of nitrogens with zero attached hydrogens (tertiary/aromatic N) is 2. The van der Waals surface area contributed by atoms with E-state index in [9.17, 15) is 19.5 Å². The molecule has 1 saturated heterocycles. The minimum absolute atomic E-state index is 0.126. The molecule has 2 unspecified atom stereocenters. The maximum atomic E-state index is 12.5. The number of carbonyl (C=O) groups is 3. The number of hydrogen-bond acceptors (Lipinski definition) is 3. The smallest absolute Gasteiger partial charge is 0.321 e. The molecule has 3 amide bonds. The Labute approximate surface area is 165 Å². The molecule has 0 radical (unpaired) electrons. The zero-order chi connectivity index (χ0) is 20.7. The standard InChI is InChI=1S/C21H27N3O4/c1-4-10-23(11-5-2)19(25)16-6-8-18(9-7-16)22-21(28)24-13-15(3)12-17(14-24)20(26)27/h4-9,15,17H,1-2,10-14H2,3H3,(H,22,28)(H,26,27). The highest BCUT2D eigenvalue weighted by Gasteiger charge is 2.31. The molecule has 1 heterocycles. The summed E-state index contributed by atoms with van der Waals surface area (Å²) < 4.78 is 0. The molecule has 7 nitrogen and oxygen atoms in total. The fourth-order valence-corrected chi connectivity index (χ4v) is 3.33. The van der Waals surface area contributed by atoms with E-state index in [0.717, 1.165) is 0 Å². The van der Waals surface area contributed by atoms with E-state index in [2.05, 4.69) is 18.5 Å². The van der Waals surface area contributed by atoms with Crippen LogP contribution in [0.15, 0.2) is 49.6 Å². The third-order valence-corrected chi connectivity index (χ3v) is 4.67. The molecule has 28 heavy (non-hydrogen) atoms. The van der Waals surface area contributed by atoms with E-state index < -0.39 is 11.9 Å². The van der Waals surface area contributed by atoms with Crippen molar-refractivity contribution in [3.05, 3.63) is 55.1 Å². The Balaban J connectivity index is 2.02. The highest BCUT2D eigenvalue weighted by Crippen LogP contribution is 2.22. The Morgan fingerprint density at radius 1 is 1.18 bits per heavy atom. The van der Waals surface area contributed by atoms with Gasteiger partial charge >= 0.3 is 12.0 Å². The van der Waals surface area contributed by atoms with Gasteiger partial charge in [0.05, 0.1) is 5.92 Å². The monoisotopic (exact) mass is 385 g/mol. The van der Waals surface area contributed by atoms with Gasteiger partial charge in [0.25, 0.3) is 5.91 Å². The van der Waals surface area contributed by atoms with Crippen LogP contribution in [-0.2, 0) is 4.79 Å². The van der Waals surface area contributed by atoms with Gasteiger partial charge in [-0.2, -0.15) is 0 Å². The van der Waals surface area contributed by atoms with Crippen LogP contribution < -0.4 is 5.32 Å². The molecular formula is C21H27N3O4. The molecule has 0 aromatic heterocycles. The van der Waals surface area contributed by atoms with Gasteiger partial charge in [-0.25, -0.2) is 4.79 Å². The van der Waals surface area contributed by atoms with Gasteiger partial charge in [0, 0.05) is 37.4 Å². The van der Waals surface area contributed by atoms with Crippen molar-refractivity contribution in [2.24, 2.45) is 11.8 Å². The van der Waals surface area contributed by atoms with Crippen LogP contribution in [0.25, 0.3) is 0 Å². The van der Waals surface area contributed by atoms with Gasteiger partial charge in [-0.05, 0) is 36.6 Å². The molecule has 0 bridgehead atoms. The summed E-state index contributed by atoms with van der Waals surface area (Å²) in [6.45, 7) is 10.8. The number of likely N-dealkylation sites (tertiary alicyclic amines) is 1. The number of hydrogen-bond donors (Lipinski definition) is 2. The lowest BCUT2D eigenvalue weighted by Crippen LogP contribution is -2.47. The van der Waals surface area contributed by atoms with Crippen LogP contribution in [0.3, 0.4) is 0 Å². The van der Waals surface area contributed by atoms with E-state index in [1.54, 1.807) is 41.3 Å². The molecule has 0 spiro atoms. The molecular weight excluding hydrogens is 358 g/mol. The summed E-state index contributed by atoms with van der Waals surface area (Å²) in [5.74, 6) is -1.45. The molecule has 2 atom stereocenters. The highest BCUT2D eigenvalue weighted by molar-refractivity contribution is 5.95. The minimum Gasteiger partial charge on any atom is -0.481 e. The Morgan fingerprint density at radius 3 is 2.32 bits per heavy atom. The van der Waals surface area contributed by atoms with Gasteiger partial charge in [0.1, 0.15) is 0 Å². The second-order valence-corrected chi connectivity index (χ2v) is 7.08. The van der Waals surface area contributed by atoms with Crippen molar-refractivity contribution in [3.63, 3.8) is 0 Å². The number of rotatable bonds is 7. The molecule has 1 aliphatic heterocycles. The topological polar surface area (TPSA) is 90.0 Å². The van der Waals surface area contributed by atoms with E-state index in [4.69, 9.17) is 0 Å². The number of amides is 3. The van der Waals surface area contributed by atoms with Gasteiger partial charge in [0.2, 0.25) is 0 Å². The van der Waals surface area contributed by atoms with Crippen LogP contribution in [0.4, 0.5) is 10.5 Å². The number of benzene rings is 1. The number of carbonyl (C=O) groups excluding carboxylic acids is 2. The molecule has 1 aromatic carbocycles. The fraction of sp³-hybridized carbons (Fsp3) is 0.381. The van der Waals surface area contributed by atoms with Gasteiger partial charge in [-0.3, -0.25) is 9.59 Å². The van der Waals surface area contributed by atoms with Crippen molar-refractivity contribution in [2.75, 3.05) is 31.5 Å². The summed E-state index contributed by atoms with van der Waals surface area (Å²) >= 11 is 0. The maximum Gasteiger partial charge on any atom is 0.321 e. The molecule has 7 heteroatoms. The van der Waals surface area contributed by atoms with E-state index in [0.29, 0.717) is 37.3 Å². The lowest BCUT2D eigenvalue weighted by atomic mass is 9.91. The number of carboxylic acids is 1. The van der Waals surface area contributed by atoms with Crippen molar-refractivity contribution in [3.8, 4) is 0 Å². The lowest BCUT2D eigenvalue weighted by molar-refractivity contribution is -0.143. The van der Waals surface area contributed by atoms with Crippen LogP contribution in [0, 0.1) is 11.8 Å². The van der Waals surface area contributed by atoms with Gasteiger partial charge < -0.3 is 20.2 Å². The van der Waals surface area contributed by atoms with Crippen molar-refractivity contribution in [1.29, 1.82) is 0 Å². The van der Waals surface area contributed by atoms with Crippen LogP contribution in [-0.4, -0.2) is 59.0 Å². The first-order valence-electron chi connectivity index (χ1n) is 9.25. The van der Waals surface area contributed by atoms with Crippen molar-refractivity contribution in [2.45, 2.75) is 13.3 Å². The van der Waals surface area contributed by atoms with Crippen LogP contribution in [0.5, 0.6) is 0 Å². The van der Waals surface area contributed by atoms with Gasteiger partial charge in [-0.1, -0.05) is 19.1 Å². The molecule has 1 aliphatic rings. The summed E-state index contributed by atoms with van der Waals surface area (Å²) in [6, 6.07) is 6.28. The third-order valence-electron chi connectivity index (χ3n) is 4.67. The van der Waals surface area contributed by atoms with Crippen LogP contribution in [0.1, 0.15) is 23.7 Å². The summed E-state index contributed by atoms with van der Waals surface area (Å²) in [4.78, 5) is 39.4. The number of carboxylic acid groups (broad SMARTS) is 1. The maximum absolute atomic E-state index is 12.5. The summed E-state index contributed by atoms with van der Waals surface area (Å²) in [7, 11) is 0. The van der Waals surface area contributed by atoms with E-state index in [-0.39, 0.29) is 24.4 Å². The molecule has 1 aromatic rings. The molecule has 2 rings (SSSR count). The molecule has 2 N–H and O–H groups in total. The van der Waals surface area contributed by atoms with Gasteiger partial charge in [0.15, 0.2) is 0 Å². The van der Waals surface area contributed by atoms with Crippen molar-refractivity contribution in [1.82, 2.24) is 9.80 Å². The zero-order valence-electron chi connectivity index (χ0n) is 16.1. The Bertz CT molecular complexity index is 735. The second-order valence-electron chi connectivity index (χ2n) is 7.08. The first kappa shape index (κ1) is 21.2. The Hall–Kier alpha value is -3.09. The number of anilines is 1. The predicted octanol–water partition coefficient (Wildman–Crippen LogP) is 3.08. The summed E-state index contributed by atoms with van der Waals surface area (Å²) in [6.07, 6.45) is 3.88. The summed E-state index contributed by atoms with van der Waals surface area (Å²) in [5.41, 5.74) is 1.05. The van der Waals surface area contributed by atoms with Crippen LogP contribution in [0.2, 0.25) is 0 Å². The van der Waals surface area contributed by atoms with E-state index >= 15 is 0 Å². The molecule has 1 fully saturated rings. The minimum atomic E-state index is -0.879. The number of nitrogens with one attached hydrogen (secondary N) is 1. The Morgan fingerprint density at radius 2 is 1.79 bits per heavy atom. The second kappa shape index (κ2) is 9.73. The third kappa shape index (κ3) is 5.45. The molecule has 150 valence electrons. The normalized spacial score (nSPS) is 18.8. The molecule has 0 aliphatic carbocycles. The number of urea groups is 1. The predicted molar refractivity (Wildman–Crippen MR) is 108 cm³/mol. The largest absolute Gasteiger partial charge is 0.481 e. The zero-order valence-corrected chi connectivity index (χ0v) is 16.1. The Kier molecular flexibility index (Phi) is 7.37. The van der Waals surface area contributed by atoms with Crippen molar-refractivity contribution >= 4 is 23.6 Å². The fourth-order valence-electron chi connectivity index (χ4n) is 3.33. The van der Waals surface area contributed by atoms with E-state index in [1.807, 2.05) is 6.92 Å². The molecule has 0 saturated carbocycles. The average molecular weight is 385 g/mol. The highest BCUT2D eigenvalue weighted by atomic mass is 16.4. The number of piperidine rings is 1.